The van der Waals surface area contributed by atoms with Crippen LogP contribution in [-0.4, -0.2) is 35.8 Å². The standard InChI is InChI=1S/C22H24N4O5/c1-3-29-17-11-14(8-9-16(17)21-25-20(24)19(23)22(28)26-21)13-6-5-7-15(10-13)31-12-18(27)30-4-2/h5-11H,3-4,12,23H2,1-2H3,(H3,24,25,26,28). The summed E-state index contributed by atoms with van der Waals surface area (Å²) >= 11 is 0. The molecule has 0 unspecified atom stereocenters. The van der Waals surface area contributed by atoms with Crippen molar-refractivity contribution in [3.05, 3.63) is 52.8 Å². The number of rotatable bonds is 8. The van der Waals surface area contributed by atoms with Gasteiger partial charge in [0.05, 0.1) is 18.8 Å². The van der Waals surface area contributed by atoms with Crippen LogP contribution in [-0.2, 0) is 9.53 Å². The van der Waals surface area contributed by atoms with Crippen LogP contribution >= 0.6 is 0 Å². The van der Waals surface area contributed by atoms with E-state index >= 15 is 0 Å². The van der Waals surface area contributed by atoms with Crippen molar-refractivity contribution < 1.29 is 19.0 Å². The lowest BCUT2D eigenvalue weighted by atomic mass is 10.0. The summed E-state index contributed by atoms with van der Waals surface area (Å²) in [5.74, 6) is 0.838. The quantitative estimate of drug-likeness (QED) is 0.468. The van der Waals surface area contributed by atoms with Crippen LogP contribution in [0.2, 0.25) is 0 Å². The minimum Gasteiger partial charge on any atom is -0.493 e. The molecular weight excluding hydrogens is 400 g/mol. The molecule has 0 saturated heterocycles. The van der Waals surface area contributed by atoms with Gasteiger partial charge in [0.1, 0.15) is 23.0 Å². The van der Waals surface area contributed by atoms with Gasteiger partial charge >= 0.3 is 5.97 Å². The molecule has 1 aromatic heterocycles. The summed E-state index contributed by atoms with van der Waals surface area (Å²) in [5, 5.41) is 0. The van der Waals surface area contributed by atoms with E-state index in [2.05, 4.69) is 9.97 Å². The summed E-state index contributed by atoms with van der Waals surface area (Å²) in [6.07, 6.45) is 0. The van der Waals surface area contributed by atoms with Crippen molar-refractivity contribution >= 4 is 17.5 Å². The van der Waals surface area contributed by atoms with Crippen LogP contribution in [0.15, 0.2) is 47.3 Å². The molecule has 5 N–H and O–H groups in total. The summed E-state index contributed by atoms with van der Waals surface area (Å²) in [7, 11) is 0. The Morgan fingerprint density at radius 3 is 2.52 bits per heavy atom. The number of benzene rings is 2. The van der Waals surface area contributed by atoms with Crippen molar-refractivity contribution in [2.45, 2.75) is 13.8 Å². The molecule has 0 fully saturated rings. The topological polar surface area (TPSA) is 143 Å². The number of nitrogen functional groups attached to an aromatic ring is 2. The van der Waals surface area contributed by atoms with Crippen LogP contribution in [0.1, 0.15) is 13.8 Å². The monoisotopic (exact) mass is 424 g/mol. The van der Waals surface area contributed by atoms with E-state index in [1.54, 1.807) is 19.1 Å². The number of nitrogens with one attached hydrogen (secondary N) is 1. The van der Waals surface area contributed by atoms with E-state index in [1.807, 2.05) is 37.3 Å². The third kappa shape index (κ3) is 5.13. The zero-order chi connectivity index (χ0) is 22.4. The first-order valence-electron chi connectivity index (χ1n) is 9.74. The van der Waals surface area contributed by atoms with Gasteiger partial charge in [0.15, 0.2) is 12.4 Å². The fraction of sp³-hybridized carbons (Fsp3) is 0.227. The molecule has 1 heterocycles. The Hall–Kier alpha value is -4.01. The zero-order valence-corrected chi connectivity index (χ0v) is 17.3. The maximum atomic E-state index is 12.0. The molecule has 2 aromatic carbocycles. The maximum Gasteiger partial charge on any atom is 0.344 e. The third-order valence-electron chi connectivity index (χ3n) is 4.35. The molecule has 3 aromatic rings. The van der Waals surface area contributed by atoms with Crippen molar-refractivity contribution in [2.24, 2.45) is 0 Å². The van der Waals surface area contributed by atoms with Gasteiger partial charge in [-0.3, -0.25) is 4.79 Å². The average molecular weight is 424 g/mol. The highest BCUT2D eigenvalue weighted by atomic mass is 16.6. The van der Waals surface area contributed by atoms with Crippen molar-refractivity contribution in [2.75, 3.05) is 31.3 Å². The molecule has 0 atom stereocenters. The average Bonchev–Trinajstić information content (AvgIpc) is 2.76. The predicted octanol–water partition coefficient (Wildman–Crippen LogP) is 2.61. The molecule has 0 aliphatic rings. The highest BCUT2D eigenvalue weighted by Gasteiger charge is 2.14. The van der Waals surface area contributed by atoms with Crippen LogP contribution < -0.4 is 26.5 Å². The molecule has 0 bridgehead atoms. The number of esters is 1. The van der Waals surface area contributed by atoms with Crippen LogP contribution in [0, 0.1) is 0 Å². The Kier molecular flexibility index (Phi) is 6.76. The molecule has 9 heteroatoms. The first-order chi connectivity index (χ1) is 14.9. The van der Waals surface area contributed by atoms with Gasteiger partial charge in [0, 0.05) is 0 Å². The van der Waals surface area contributed by atoms with E-state index in [9.17, 15) is 9.59 Å². The molecule has 0 saturated carbocycles. The maximum absolute atomic E-state index is 12.0. The zero-order valence-electron chi connectivity index (χ0n) is 17.3. The number of carbonyl (C=O) groups is 1. The van der Waals surface area contributed by atoms with Gasteiger partial charge < -0.3 is 30.7 Å². The molecule has 0 aliphatic carbocycles. The minimum absolute atomic E-state index is 0.0447. The first-order valence-corrected chi connectivity index (χ1v) is 9.74. The van der Waals surface area contributed by atoms with Gasteiger partial charge in [-0.2, -0.15) is 0 Å². The Labute approximate surface area is 179 Å². The van der Waals surface area contributed by atoms with Crippen molar-refractivity contribution in [3.63, 3.8) is 0 Å². The largest absolute Gasteiger partial charge is 0.493 e. The summed E-state index contributed by atoms with van der Waals surface area (Å²) in [6.45, 7) is 4.14. The first kappa shape index (κ1) is 21.7. The van der Waals surface area contributed by atoms with Crippen LogP contribution in [0.3, 0.4) is 0 Å². The lowest BCUT2D eigenvalue weighted by molar-refractivity contribution is -0.145. The Morgan fingerprint density at radius 2 is 1.81 bits per heavy atom. The third-order valence-corrected chi connectivity index (χ3v) is 4.35. The van der Waals surface area contributed by atoms with Crippen LogP contribution in [0.25, 0.3) is 22.5 Å². The predicted molar refractivity (Wildman–Crippen MR) is 118 cm³/mol. The molecule has 0 radical (unpaired) electrons. The molecule has 0 spiro atoms. The Morgan fingerprint density at radius 1 is 1.03 bits per heavy atom. The molecule has 162 valence electrons. The highest BCUT2D eigenvalue weighted by Crippen LogP contribution is 2.34. The normalized spacial score (nSPS) is 10.5. The van der Waals surface area contributed by atoms with Crippen molar-refractivity contribution in [1.82, 2.24) is 9.97 Å². The number of anilines is 2. The summed E-state index contributed by atoms with van der Waals surface area (Å²) in [5.41, 5.74) is 13.0. The number of hydrogen-bond donors (Lipinski definition) is 3. The molecular formula is C22H24N4O5. The summed E-state index contributed by atoms with van der Waals surface area (Å²) < 4.78 is 16.2. The number of nitrogens with zero attached hydrogens (tertiary/aromatic N) is 1. The van der Waals surface area contributed by atoms with E-state index in [1.165, 1.54) is 0 Å². The highest BCUT2D eigenvalue weighted by molar-refractivity contribution is 5.75. The fourth-order valence-electron chi connectivity index (χ4n) is 2.91. The Bertz CT molecular complexity index is 1140. The number of carbonyl (C=O) groups excluding carboxylic acids is 1. The lowest BCUT2D eigenvalue weighted by Gasteiger charge is -2.13. The smallest absolute Gasteiger partial charge is 0.344 e. The summed E-state index contributed by atoms with van der Waals surface area (Å²) in [4.78, 5) is 30.3. The van der Waals surface area contributed by atoms with E-state index in [0.717, 1.165) is 11.1 Å². The van der Waals surface area contributed by atoms with E-state index in [0.29, 0.717) is 30.3 Å². The number of hydrogen-bond acceptors (Lipinski definition) is 8. The number of aromatic amines is 1. The Balaban J connectivity index is 1.93. The van der Waals surface area contributed by atoms with Gasteiger partial charge in [0.2, 0.25) is 0 Å². The lowest BCUT2D eigenvalue weighted by Crippen LogP contribution is -2.17. The number of ether oxygens (including phenoxy) is 3. The second kappa shape index (κ2) is 9.66. The number of nitrogens with two attached hydrogens (primary N) is 2. The SMILES string of the molecule is CCOC(=O)COc1cccc(-c2ccc(-c3nc(N)c(N)c(=O)[nH]3)c(OCC)c2)c1. The molecule has 0 amide bonds. The fourth-order valence-corrected chi connectivity index (χ4v) is 2.91. The molecule has 31 heavy (non-hydrogen) atoms. The van der Waals surface area contributed by atoms with E-state index < -0.39 is 11.5 Å². The van der Waals surface area contributed by atoms with Gasteiger partial charge in [-0.15, -0.1) is 0 Å². The van der Waals surface area contributed by atoms with E-state index in [-0.39, 0.29) is 23.9 Å². The molecule has 0 aliphatic heterocycles. The number of aromatic nitrogens is 2. The van der Waals surface area contributed by atoms with Crippen LogP contribution in [0.5, 0.6) is 11.5 Å². The molecule has 9 nitrogen and oxygen atoms in total. The van der Waals surface area contributed by atoms with Gasteiger partial charge in [-0.05, 0) is 49.2 Å². The van der Waals surface area contributed by atoms with Gasteiger partial charge in [0.25, 0.3) is 5.56 Å². The van der Waals surface area contributed by atoms with Crippen LogP contribution in [0.4, 0.5) is 11.5 Å². The van der Waals surface area contributed by atoms with Gasteiger partial charge in [-0.25, -0.2) is 9.78 Å². The van der Waals surface area contributed by atoms with Gasteiger partial charge in [-0.1, -0.05) is 18.2 Å². The summed E-state index contributed by atoms with van der Waals surface area (Å²) in [6, 6.07) is 12.8. The second-order valence-electron chi connectivity index (χ2n) is 6.48. The van der Waals surface area contributed by atoms with Crippen molar-refractivity contribution in [1.29, 1.82) is 0 Å². The minimum atomic E-state index is -0.513. The number of H-pyrrole nitrogens is 1. The van der Waals surface area contributed by atoms with E-state index in [4.69, 9.17) is 25.7 Å². The van der Waals surface area contributed by atoms with Crippen molar-refractivity contribution in [3.8, 4) is 34.0 Å². The second-order valence-corrected chi connectivity index (χ2v) is 6.48. The molecule has 3 rings (SSSR count).